The highest BCUT2D eigenvalue weighted by atomic mass is 16.6. The molecule has 0 spiro atoms. The molecule has 0 saturated heterocycles. The van der Waals surface area contributed by atoms with Crippen molar-refractivity contribution in [1.82, 2.24) is 5.32 Å². The van der Waals surface area contributed by atoms with Gasteiger partial charge >= 0.3 is 17.9 Å². The normalized spacial score (nSPS) is 10.1. The van der Waals surface area contributed by atoms with E-state index < -0.39 is 17.8 Å². The van der Waals surface area contributed by atoms with Crippen molar-refractivity contribution < 1.29 is 33.4 Å². The quantitative estimate of drug-likeness (QED) is 0.383. The number of carbonyl (C=O) groups is 4. The summed E-state index contributed by atoms with van der Waals surface area (Å²) in [6.45, 7) is 2.77. The molecule has 0 bridgehead atoms. The van der Waals surface area contributed by atoms with Crippen molar-refractivity contribution in [3.8, 4) is 11.5 Å². The Hall–Kier alpha value is -3.68. The van der Waals surface area contributed by atoms with Crippen molar-refractivity contribution in [1.29, 1.82) is 0 Å². The second kappa shape index (κ2) is 11.4. The number of rotatable bonds is 9. The van der Waals surface area contributed by atoms with Crippen LogP contribution < -0.4 is 14.8 Å². The number of carbonyl (C=O) groups excluding carboxylic acids is 4. The van der Waals surface area contributed by atoms with E-state index in [-0.39, 0.29) is 42.6 Å². The van der Waals surface area contributed by atoms with Gasteiger partial charge in [-0.15, -0.1) is 0 Å². The summed E-state index contributed by atoms with van der Waals surface area (Å²) >= 11 is 0. The highest BCUT2D eigenvalue weighted by Crippen LogP contribution is 2.31. The van der Waals surface area contributed by atoms with Crippen LogP contribution in [0.2, 0.25) is 0 Å². The van der Waals surface area contributed by atoms with Gasteiger partial charge in [0, 0.05) is 26.8 Å². The summed E-state index contributed by atoms with van der Waals surface area (Å²) in [6.07, 6.45) is 0.503. The van der Waals surface area contributed by atoms with Crippen LogP contribution in [0, 0.1) is 0 Å². The third-order valence-corrected chi connectivity index (χ3v) is 3.81. The molecule has 0 heterocycles. The second-order valence-corrected chi connectivity index (χ2v) is 6.33. The van der Waals surface area contributed by atoms with Gasteiger partial charge in [0.15, 0.2) is 11.5 Å². The van der Waals surface area contributed by atoms with Gasteiger partial charge in [0.2, 0.25) is 0 Å². The number of amides is 1. The minimum atomic E-state index is -0.662. The van der Waals surface area contributed by atoms with Crippen LogP contribution in [0.4, 0.5) is 0 Å². The van der Waals surface area contributed by atoms with E-state index in [2.05, 4.69) is 5.32 Å². The van der Waals surface area contributed by atoms with E-state index in [1.54, 1.807) is 0 Å². The van der Waals surface area contributed by atoms with E-state index in [4.69, 9.17) is 14.2 Å². The average Bonchev–Trinajstić information content (AvgIpc) is 2.71. The largest absolute Gasteiger partial charge is 0.461 e. The van der Waals surface area contributed by atoms with Crippen molar-refractivity contribution in [2.24, 2.45) is 0 Å². The van der Waals surface area contributed by atoms with Crippen molar-refractivity contribution in [3.05, 3.63) is 59.7 Å². The molecule has 0 aliphatic heterocycles. The molecule has 0 aromatic heterocycles. The lowest BCUT2D eigenvalue weighted by molar-refractivity contribution is -0.145. The van der Waals surface area contributed by atoms with Crippen LogP contribution in [0.3, 0.4) is 0 Å². The summed E-state index contributed by atoms with van der Waals surface area (Å²) in [5, 5.41) is 2.64. The van der Waals surface area contributed by atoms with Crippen molar-refractivity contribution >= 4 is 23.8 Å². The summed E-state index contributed by atoms with van der Waals surface area (Å²) in [6, 6.07) is 13.7. The van der Waals surface area contributed by atoms with Gasteiger partial charge in [0.05, 0.1) is 5.56 Å². The maximum Gasteiger partial charge on any atom is 0.308 e. The average molecular weight is 413 g/mol. The molecule has 2 aromatic rings. The van der Waals surface area contributed by atoms with Gasteiger partial charge in [0.1, 0.15) is 6.61 Å². The number of para-hydroxylation sites is 1. The van der Waals surface area contributed by atoms with E-state index in [1.165, 1.54) is 32.0 Å². The molecule has 1 N–H and O–H groups in total. The Bertz CT molecular complexity index is 909. The molecule has 8 nitrogen and oxygen atoms in total. The van der Waals surface area contributed by atoms with Crippen LogP contribution in [-0.4, -0.2) is 30.4 Å². The minimum Gasteiger partial charge on any atom is -0.461 e. The van der Waals surface area contributed by atoms with Crippen molar-refractivity contribution in [2.75, 3.05) is 6.54 Å². The summed E-state index contributed by atoms with van der Waals surface area (Å²) in [5.41, 5.74) is 0.931. The maximum absolute atomic E-state index is 12.5. The summed E-state index contributed by atoms with van der Waals surface area (Å²) < 4.78 is 15.2. The lowest BCUT2D eigenvalue weighted by Gasteiger charge is -2.13. The van der Waals surface area contributed by atoms with Gasteiger partial charge in [-0.3, -0.25) is 19.2 Å². The molecular weight excluding hydrogens is 390 g/mol. The molecule has 8 heteroatoms. The molecule has 0 aliphatic carbocycles. The SMILES string of the molecule is CC(=O)Oc1cccc(C(=O)NCCCC(=O)OCc2ccccc2)c1OC(C)=O. The van der Waals surface area contributed by atoms with E-state index >= 15 is 0 Å². The van der Waals surface area contributed by atoms with Crippen LogP contribution in [0.1, 0.15) is 42.6 Å². The van der Waals surface area contributed by atoms with Crippen LogP contribution in [0.15, 0.2) is 48.5 Å². The van der Waals surface area contributed by atoms with Crippen LogP contribution >= 0.6 is 0 Å². The predicted octanol–water partition coefficient (Wildman–Crippen LogP) is 2.79. The Morgan fingerprint density at radius 3 is 2.23 bits per heavy atom. The zero-order chi connectivity index (χ0) is 21.9. The van der Waals surface area contributed by atoms with E-state index in [0.717, 1.165) is 5.56 Å². The fourth-order valence-corrected chi connectivity index (χ4v) is 2.52. The summed E-state index contributed by atoms with van der Waals surface area (Å²) in [7, 11) is 0. The Morgan fingerprint density at radius 1 is 0.867 bits per heavy atom. The van der Waals surface area contributed by atoms with Gasteiger partial charge in [0.25, 0.3) is 5.91 Å². The van der Waals surface area contributed by atoms with Crippen molar-refractivity contribution in [2.45, 2.75) is 33.3 Å². The smallest absolute Gasteiger partial charge is 0.308 e. The number of ether oxygens (including phenoxy) is 3. The third-order valence-electron chi connectivity index (χ3n) is 3.81. The first-order chi connectivity index (χ1) is 14.4. The van der Waals surface area contributed by atoms with E-state index in [0.29, 0.717) is 6.42 Å². The Kier molecular flexibility index (Phi) is 8.56. The molecule has 0 aliphatic rings. The van der Waals surface area contributed by atoms with Gasteiger partial charge in [-0.1, -0.05) is 36.4 Å². The molecule has 2 aromatic carbocycles. The van der Waals surface area contributed by atoms with Crippen LogP contribution in [0.5, 0.6) is 11.5 Å². The fraction of sp³-hybridized carbons (Fsp3) is 0.273. The number of nitrogens with one attached hydrogen (secondary N) is 1. The molecule has 158 valence electrons. The topological polar surface area (TPSA) is 108 Å². The first kappa shape index (κ1) is 22.6. The number of hydrogen-bond acceptors (Lipinski definition) is 7. The Labute approximate surface area is 174 Å². The first-order valence-corrected chi connectivity index (χ1v) is 9.34. The molecule has 0 unspecified atom stereocenters. The Morgan fingerprint density at radius 2 is 1.57 bits per heavy atom. The predicted molar refractivity (Wildman–Crippen MR) is 107 cm³/mol. The lowest BCUT2D eigenvalue weighted by Crippen LogP contribution is -2.26. The zero-order valence-electron chi connectivity index (χ0n) is 16.8. The molecular formula is C22H23NO7. The number of esters is 3. The van der Waals surface area contributed by atoms with Gasteiger partial charge < -0.3 is 19.5 Å². The van der Waals surface area contributed by atoms with Gasteiger partial charge in [-0.05, 0) is 24.1 Å². The highest BCUT2D eigenvalue weighted by Gasteiger charge is 2.20. The second-order valence-electron chi connectivity index (χ2n) is 6.33. The maximum atomic E-state index is 12.5. The standard InChI is InChI=1S/C22H23NO7/c1-15(24)29-19-11-6-10-18(21(19)30-16(2)25)22(27)23-13-7-12-20(26)28-14-17-8-4-3-5-9-17/h3-6,8-11H,7,12-14H2,1-2H3,(H,23,27). The van der Waals surface area contributed by atoms with Crippen LogP contribution in [-0.2, 0) is 25.7 Å². The monoisotopic (exact) mass is 413 g/mol. The molecule has 2 rings (SSSR count). The molecule has 0 radical (unpaired) electrons. The van der Waals surface area contributed by atoms with Gasteiger partial charge in [-0.2, -0.15) is 0 Å². The lowest BCUT2D eigenvalue weighted by atomic mass is 10.1. The van der Waals surface area contributed by atoms with Crippen LogP contribution in [0.25, 0.3) is 0 Å². The first-order valence-electron chi connectivity index (χ1n) is 9.34. The molecule has 0 saturated carbocycles. The van der Waals surface area contributed by atoms with E-state index in [9.17, 15) is 19.2 Å². The molecule has 1 amide bonds. The minimum absolute atomic E-state index is 0.0326. The fourth-order valence-electron chi connectivity index (χ4n) is 2.52. The van der Waals surface area contributed by atoms with E-state index in [1.807, 2.05) is 30.3 Å². The molecule has 0 fully saturated rings. The van der Waals surface area contributed by atoms with Crippen molar-refractivity contribution in [3.63, 3.8) is 0 Å². The zero-order valence-corrected chi connectivity index (χ0v) is 16.8. The highest BCUT2D eigenvalue weighted by molar-refractivity contribution is 5.98. The number of benzene rings is 2. The third kappa shape index (κ3) is 7.38. The summed E-state index contributed by atoms with van der Waals surface area (Å²) in [5.74, 6) is -2.35. The molecule has 30 heavy (non-hydrogen) atoms. The molecule has 0 atom stereocenters. The summed E-state index contributed by atoms with van der Waals surface area (Å²) in [4.78, 5) is 46.9. The van der Waals surface area contributed by atoms with Gasteiger partial charge in [-0.25, -0.2) is 0 Å². The Balaban J connectivity index is 1.87. The number of hydrogen-bond donors (Lipinski definition) is 1.